The average Bonchev–Trinajstić information content (AvgIpc) is 2.37. The minimum absolute atomic E-state index is 0.0771. The molecule has 8 heteroatoms. The Kier molecular flexibility index (Phi) is 4.34. The molecule has 0 radical (unpaired) electrons. The van der Waals surface area contributed by atoms with Crippen molar-refractivity contribution in [2.75, 3.05) is 6.61 Å². The maximum Gasteiger partial charge on any atom is 0.331 e. The number of benzene rings is 1. The number of non-ortho nitro benzene ring substituents is 1. The molecule has 1 rings (SSSR count). The van der Waals surface area contributed by atoms with Crippen molar-refractivity contribution in [3.8, 4) is 6.07 Å². The van der Waals surface area contributed by atoms with Gasteiger partial charge in [-0.15, -0.1) is 0 Å². The summed E-state index contributed by atoms with van der Waals surface area (Å²) in [5.74, 6) is -3.84. The van der Waals surface area contributed by atoms with E-state index in [4.69, 9.17) is 5.26 Å². The second-order valence-corrected chi connectivity index (χ2v) is 4.00. The van der Waals surface area contributed by atoms with Crippen LogP contribution in [0.4, 0.5) is 14.5 Å². The van der Waals surface area contributed by atoms with Gasteiger partial charge < -0.3 is 4.74 Å². The number of nitrogens with zero attached hydrogens (tertiary/aromatic N) is 2. The molecular formula is C12H10F2N2O4. The highest BCUT2D eigenvalue weighted by atomic mass is 19.1. The number of nitro groups is 1. The number of esters is 1. The summed E-state index contributed by atoms with van der Waals surface area (Å²) in [5.41, 5.74) is -3.91. The van der Waals surface area contributed by atoms with Crippen LogP contribution in [-0.4, -0.2) is 17.5 Å². The van der Waals surface area contributed by atoms with E-state index in [-0.39, 0.29) is 6.61 Å². The van der Waals surface area contributed by atoms with Crippen LogP contribution in [-0.2, 0) is 14.9 Å². The lowest BCUT2D eigenvalue weighted by Crippen LogP contribution is -2.35. The third kappa shape index (κ3) is 2.56. The predicted molar refractivity (Wildman–Crippen MR) is 62.6 cm³/mol. The minimum atomic E-state index is -2.22. The first kappa shape index (κ1) is 15.5. The zero-order valence-corrected chi connectivity index (χ0v) is 10.6. The van der Waals surface area contributed by atoms with Crippen LogP contribution < -0.4 is 0 Å². The monoisotopic (exact) mass is 284 g/mol. The molecule has 1 atom stereocenters. The number of hydrogen-bond donors (Lipinski definition) is 0. The maximum atomic E-state index is 13.9. The molecule has 0 fully saturated rings. The van der Waals surface area contributed by atoms with Gasteiger partial charge >= 0.3 is 5.97 Å². The highest BCUT2D eigenvalue weighted by Crippen LogP contribution is 2.32. The second kappa shape index (κ2) is 5.61. The van der Waals surface area contributed by atoms with Crippen molar-refractivity contribution in [3.63, 3.8) is 0 Å². The predicted octanol–water partition coefficient (Wildman–Crippen LogP) is 2.22. The number of hydrogen-bond acceptors (Lipinski definition) is 5. The lowest BCUT2D eigenvalue weighted by molar-refractivity contribution is -0.385. The van der Waals surface area contributed by atoms with Crippen LogP contribution in [0.5, 0.6) is 0 Å². The minimum Gasteiger partial charge on any atom is -0.465 e. The maximum absolute atomic E-state index is 13.9. The Morgan fingerprint density at radius 2 is 2.00 bits per heavy atom. The van der Waals surface area contributed by atoms with Gasteiger partial charge in [0.2, 0.25) is 0 Å². The Hall–Kier alpha value is -2.56. The van der Waals surface area contributed by atoms with Gasteiger partial charge in [0.1, 0.15) is 11.6 Å². The summed E-state index contributed by atoms with van der Waals surface area (Å²) in [7, 11) is 0. The number of nitriles is 1. The molecule has 106 valence electrons. The van der Waals surface area contributed by atoms with Crippen LogP contribution in [0.3, 0.4) is 0 Å². The van der Waals surface area contributed by atoms with Gasteiger partial charge in [0, 0.05) is 0 Å². The third-order valence-corrected chi connectivity index (χ3v) is 2.64. The van der Waals surface area contributed by atoms with Crippen LogP contribution in [0.25, 0.3) is 0 Å². The summed E-state index contributed by atoms with van der Waals surface area (Å²) in [6.07, 6.45) is 0. The topological polar surface area (TPSA) is 93.2 Å². The first-order valence-electron chi connectivity index (χ1n) is 5.50. The molecule has 20 heavy (non-hydrogen) atoms. The number of nitro benzene ring substituents is 1. The molecule has 0 bridgehead atoms. The molecule has 0 aliphatic carbocycles. The third-order valence-electron chi connectivity index (χ3n) is 2.64. The highest BCUT2D eigenvalue weighted by Gasteiger charge is 2.42. The SMILES string of the molecule is CCOC(=O)C(C)(C#N)c1c(F)cc([N+](=O)[O-])cc1F. The fraction of sp³-hybridized carbons (Fsp3) is 0.333. The van der Waals surface area contributed by atoms with Crippen LogP contribution in [0.2, 0.25) is 0 Å². The van der Waals surface area contributed by atoms with Crippen LogP contribution in [0, 0.1) is 33.1 Å². The summed E-state index contributed by atoms with van der Waals surface area (Å²) in [5, 5.41) is 19.5. The number of ether oxygens (including phenoxy) is 1. The molecule has 0 saturated heterocycles. The van der Waals surface area contributed by atoms with Crippen molar-refractivity contribution < 1.29 is 23.2 Å². The lowest BCUT2D eigenvalue weighted by Gasteiger charge is -2.20. The van der Waals surface area contributed by atoms with E-state index in [1.54, 1.807) is 0 Å². The van der Waals surface area contributed by atoms with Crippen LogP contribution >= 0.6 is 0 Å². The van der Waals surface area contributed by atoms with E-state index in [9.17, 15) is 23.7 Å². The first-order valence-corrected chi connectivity index (χ1v) is 5.50. The van der Waals surface area contributed by atoms with E-state index in [0.29, 0.717) is 12.1 Å². The van der Waals surface area contributed by atoms with E-state index in [2.05, 4.69) is 4.74 Å². The summed E-state index contributed by atoms with van der Waals surface area (Å²) < 4.78 is 32.3. The fourth-order valence-corrected chi connectivity index (χ4v) is 1.62. The molecule has 1 aromatic carbocycles. The van der Waals surface area contributed by atoms with Gasteiger partial charge in [0.05, 0.1) is 35.3 Å². The van der Waals surface area contributed by atoms with Crippen molar-refractivity contribution >= 4 is 11.7 Å². The Morgan fingerprint density at radius 3 is 2.35 bits per heavy atom. The molecular weight excluding hydrogens is 274 g/mol. The van der Waals surface area contributed by atoms with E-state index in [0.717, 1.165) is 6.92 Å². The van der Waals surface area contributed by atoms with Crippen molar-refractivity contribution in [2.45, 2.75) is 19.3 Å². The first-order chi connectivity index (χ1) is 9.27. The Balaban J connectivity index is 3.49. The largest absolute Gasteiger partial charge is 0.465 e. The molecule has 0 N–H and O–H groups in total. The Bertz CT molecular complexity index is 589. The summed E-state index contributed by atoms with van der Waals surface area (Å²) in [6.45, 7) is 2.38. The van der Waals surface area contributed by atoms with Gasteiger partial charge in [-0.3, -0.25) is 10.1 Å². The smallest absolute Gasteiger partial charge is 0.331 e. The fourth-order valence-electron chi connectivity index (χ4n) is 1.62. The van der Waals surface area contributed by atoms with Crippen molar-refractivity contribution in [1.29, 1.82) is 5.26 Å². The van der Waals surface area contributed by atoms with Gasteiger partial charge in [-0.1, -0.05) is 0 Å². The standard InChI is InChI=1S/C12H10F2N2O4/c1-3-20-11(17)12(2,6-15)10-8(13)4-7(16(18)19)5-9(10)14/h4-5H,3H2,1-2H3. The average molecular weight is 284 g/mol. The lowest BCUT2D eigenvalue weighted by atomic mass is 9.83. The zero-order valence-electron chi connectivity index (χ0n) is 10.6. The van der Waals surface area contributed by atoms with Crippen LogP contribution in [0.1, 0.15) is 19.4 Å². The van der Waals surface area contributed by atoms with Gasteiger partial charge in [-0.25, -0.2) is 13.6 Å². The van der Waals surface area contributed by atoms with E-state index >= 15 is 0 Å². The number of rotatable bonds is 4. The number of halogens is 2. The number of carbonyl (C=O) groups excluding carboxylic acids is 1. The number of carbonyl (C=O) groups is 1. The summed E-state index contributed by atoms with van der Waals surface area (Å²) >= 11 is 0. The van der Waals surface area contributed by atoms with E-state index in [1.807, 2.05) is 0 Å². The molecule has 0 aliphatic heterocycles. The van der Waals surface area contributed by atoms with Gasteiger partial charge in [-0.05, 0) is 13.8 Å². The zero-order chi connectivity index (χ0) is 15.5. The van der Waals surface area contributed by atoms with Crippen molar-refractivity contribution in [1.82, 2.24) is 0 Å². The molecule has 0 aliphatic rings. The Labute approximate surface area is 112 Å². The molecule has 0 aromatic heterocycles. The summed E-state index contributed by atoms with van der Waals surface area (Å²) in [6, 6.07) is 2.39. The van der Waals surface area contributed by atoms with Crippen molar-refractivity contribution in [2.24, 2.45) is 0 Å². The molecule has 6 nitrogen and oxygen atoms in total. The molecule has 1 aromatic rings. The normalized spacial score (nSPS) is 13.2. The molecule has 1 unspecified atom stereocenters. The van der Waals surface area contributed by atoms with E-state index in [1.165, 1.54) is 13.0 Å². The van der Waals surface area contributed by atoms with Gasteiger partial charge in [0.15, 0.2) is 5.41 Å². The highest BCUT2D eigenvalue weighted by molar-refractivity contribution is 5.86. The van der Waals surface area contributed by atoms with Crippen LogP contribution in [0.15, 0.2) is 12.1 Å². The second-order valence-electron chi connectivity index (χ2n) is 4.00. The van der Waals surface area contributed by atoms with Crippen molar-refractivity contribution in [3.05, 3.63) is 39.4 Å². The van der Waals surface area contributed by atoms with E-state index < -0.39 is 39.2 Å². The molecule has 0 saturated carbocycles. The quantitative estimate of drug-likeness (QED) is 0.480. The molecule has 0 heterocycles. The molecule has 0 spiro atoms. The van der Waals surface area contributed by atoms with Gasteiger partial charge in [-0.2, -0.15) is 5.26 Å². The Morgan fingerprint density at radius 1 is 1.50 bits per heavy atom. The van der Waals surface area contributed by atoms with Gasteiger partial charge in [0.25, 0.3) is 5.69 Å². The molecule has 0 amide bonds. The summed E-state index contributed by atoms with van der Waals surface area (Å²) in [4.78, 5) is 21.2.